The Balaban J connectivity index is 2.57. The number of thiophene rings is 1. The van der Waals surface area contributed by atoms with Crippen LogP contribution < -0.4 is 4.83 Å². The first-order chi connectivity index (χ1) is 4.43. The standard InChI is InChI=1S/C5H6N2S2/c8-7-6-4-5-2-1-3-9-5/h1-4,7-8H. The molecule has 0 atom stereocenters. The lowest BCUT2D eigenvalue weighted by Crippen LogP contribution is -1.84. The molecular formula is C5H6N2S2. The summed E-state index contributed by atoms with van der Waals surface area (Å²) >= 11 is 5.33. The molecule has 0 saturated heterocycles. The molecule has 0 spiro atoms. The second-order valence-electron chi connectivity index (χ2n) is 1.37. The zero-order valence-corrected chi connectivity index (χ0v) is 6.32. The molecule has 0 fully saturated rings. The topological polar surface area (TPSA) is 24.4 Å². The number of hydrazone groups is 1. The molecule has 1 aromatic heterocycles. The molecule has 4 heteroatoms. The van der Waals surface area contributed by atoms with Gasteiger partial charge in [-0.05, 0) is 11.4 Å². The smallest absolute Gasteiger partial charge is 0.0650 e. The van der Waals surface area contributed by atoms with Crippen molar-refractivity contribution in [1.29, 1.82) is 0 Å². The van der Waals surface area contributed by atoms with Crippen molar-refractivity contribution < 1.29 is 0 Å². The van der Waals surface area contributed by atoms with Crippen LogP contribution >= 0.6 is 24.2 Å². The van der Waals surface area contributed by atoms with Crippen LogP contribution in [0, 0.1) is 0 Å². The Morgan fingerprint density at radius 1 is 1.78 bits per heavy atom. The fourth-order valence-electron chi connectivity index (χ4n) is 0.457. The zero-order chi connectivity index (χ0) is 6.53. The van der Waals surface area contributed by atoms with Crippen molar-refractivity contribution in [1.82, 2.24) is 4.83 Å². The molecule has 0 aromatic carbocycles. The zero-order valence-electron chi connectivity index (χ0n) is 4.61. The summed E-state index contributed by atoms with van der Waals surface area (Å²) in [6.45, 7) is 0. The minimum Gasteiger partial charge on any atom is -0.255 e. The highest BCUT2D eigenvalue weighted by Gasteiger charge is 1.83. The minimum absolute atomic E-state index is 1.12. The van der Waals surface area contributed by atoms with Crippen molar-refractivity contribution in [2.45, 2.75) is 0 Å². The maximum atomic E-state index is 3.71. The number of hydrogen-bond donors (Lipinski definition) is 2. The third-order valence-electron chi connectivity index (χ3n) is 0.793. The summed E-state index contributed by atoms with van der Waals surface area (Å²) in [6, 6.07) is 3.96. The van der Waals surface area contributed by atoms with Crippen molar-refractivity contribution >= 4 is 30.4 Å². The Labute approximate surface area is 63.1 Å². The van der Waals surface area contributed by atoms with E-state index in [2.05, 4.69) is 22.7 Å². The van der Waals surface area contributed by atoms with Gasteiger partial charge < -0.3 is 0 Å². The molecule has 1 heterocycles. The molecule has 48 valence electrons. The van der Waals surface area contributed by atoms with Crippen LogP contribution in [-0.4, -0.2) is 6.21 Å². The van der Waals surface area contributed by atoms with E-state index in [4.69, 9.17) is 0 Å². The number of hydrogen-bond acceptors (Lipinski definition) is 4. The van der Waals surface area contributed by atoms with Crippen LogP contribution in [0.15, 0.2) is 22.6 Å². The number of rotatable bonds is 2. The van der Waals surface area contributed by atoms with Crippen molar-refractivity contribution in [2.24, 2.45) is 5.10 Å². The van der Waals surface area contributed by atoms with E-state index >= 15 is 0 Å². The van der Waals surface area contributed by atoms with Crippen molar-refractivity contribution in [3.63, 3.8) is 0 Å². The average molecular weight is 158 g/mol. The summed E-state index contributed by atoms with van der Waals surface area (Å²) in [5.41, 5.74) is 0. The third-order valence-corrected chi connectivity index (χ3v) is 1.72. The van der Waals surface area contributed by atoms with Gasteiger partial charge in [0.25, 0.3) is 0 Å². The summed E-state index contributed by atoms with van der Waals surface area (Å²) in [7, 11) is 0. The van der Waals surface area contributed by atoms with Gasteiger partial charge in [0.05, 0.1) is 6.21 Å². The first-order valence-electron chi connectivity index (χ1n) is 2.39. The van der Waals surface area contributed by atoms with E-state index in [1.165, 1.54) is 0 Å². The van der Waals surface area contributed by atoms with Crippen LogP contribution in [0.2, 0.25) is 0 Å². The second kappa shape index (κ2) is 3.53. The Hall–Kier alpha value is -0.480. The molecule has 0 bridgehead atoms. The summed E-state index contributed by atoms with van der Waals surface area (Å²) in [6.07, 6.45) is 1.72. The van der Waals surface area contributed by atoms with Gasteiger partial charge >= 0.3 is 0 Å². The minimum atomic E-state index is 1.12. The van der Waals surface area contributed by atoms with Crippen LogP contribution in [-0.2, 0) is 0 Å². The molecule has 1 N–H and O–H groups in total. The number of nitrogens with zero attached hydrogens (tertiary/aromatic N) is 1. The average Bonchev–Trinajstić information content (AvgIpc) is 2.34. The highest BCUT2D eigenvalue weighted by molar-refractivity contribution is 7.78. The van der Waals surface area contributed by atoms with Gasteiger partial charge in [0.15, 0.2) is 0 Å². The quantitative estimate of drug-likeness (QED) is 0.380. The van der Waals surface area contributed by atoms with E-state index in [-0.39, 0.29) is 0 Å². The molecule has 0 saturated carbocycles. The molecule has 0 aliphatic rings. The van der Waals surface area contributed by atoms with Gasteiger partial charge in [-0.3, -0.25) is 4.83 Å². The molecule has 1 rings (SSSR count). The van der Waals surface area contributed by atoms with Crippen LogP contribution in [0.3, 0.4) is 0 Å². The van der Waals surface area contributed by atoms with E-state index in [1.807, 2.05) is 17.5 Å². The van der Waals surface area contributed by atoms with Gasteiger partial charge in [-0.25, -0.2) is 0 Å². The highest BCUT2D eigenvalue weighted by atomic mass is 32.1. The summed E-state index contributed by atoms with van der Waals surface area (Å²) in [5, 5.41) is 5.71. The molecule has 0 aliphatic heterocycles. The van der Waals surface area contributed by atoms with Crippen LogP contribution in [0.5, 0.6) is 0 Å². The summed E-state index contributed by atoms with van der Waals surface area (Å²) in [5.74, 6) is 0. The third kappa shape index (κ3) is 2.07. The molecule has 9 heavy (non-hydrogen) atoms. The first kappa shape index (κ1) is 6.64. The number of thiol groups is 1. The van der Waals surface area contributed by atoms with Gasteiger partial charge in [0.2, 0.25) is 0 Å². The largest absolute Gasteiger partial charge is 0.255 e. The predicted molar refractivity (Wildman–Crippen MR) is 44.0 cm³/mol. The number of nitrogens with one attached hydrogen (secondary N) is 1. The monoisotopic (exact) mass is 158 g/mol. The normalized spacial score (nSPS) is 10.3. The molecule has 2 nitrogen and oxygen atoms in total. The lowest BCUT2D eigenvalue weighted by atomic mass is 10.5. The van der Waals surface area contributed by atoms with Crippen LogP contribution in [0.25, 0.3) is 0 Å². The van der Waals surface area contributed by atoms with Crippen molar-refractivity contribution in [3.05, 3.63) is 22.4 Å². The Kier molecular flexibility index (Phi) is 2.60. The van der Waals surface area contributed by atoms with Crippen molar-refractivity contribution in [2.75, 3.05) is 0 Å². The van der Waals surface area contributed by atoms with E-state index in [9.17, 15) is 0 Å². The Morgan fingerprint density at radius 3 is 3.22 bits per heavy atom. The molecule has 0 amide bonds. The Bertz CT molecular complexity index is 181. The van der Waals surface area contributed by atoms with Gasteiger partial charge in [-0.15, -0.1) is 11.3 Å². The molecule has 1 aromatic rings. The lowest BCUT2D eigenvalue weighted by Gasteiger charge is -1.81. The summed E-state index contributed by atoms with van der Waals surface area (Å²) in [4.78, 5) is 3.50. The lowest BCUT2D eigenvalue weighted by molar-refractivity contribution is 1.14. The highest BCUT2D eigenvalue weighted by Crippen LogP contribution is 2.03. The predicted octanol–water partition coefficient (Wildman–Crippen LogP) is 1.52. The van der Waals surface area contributed by atoms with E-state index in [0.717, 1.165) is 4.88 Å². The van der Waals surface area contributed by atoms with E-state index < -0.39 is 0 Å². The fourth-order valence-corrected chi connectivity index (χ4v) is 1.10. The van der Waals surface area contributed by atoms with Crippen molar-refractivity contribution in [3.8, 4) is 0 Å². The molecule has 0 unspecified atom stereocenters. The maximum Gasteiger partial charge on any atom is 0.0650 e. The van der Waals surface area contributed by atoms with Crippen LogP contribution in [0.4, 0.5) is 0 Å². The SMILES string of the molecule is SNN=Cc1cccs1. The van der Waals surface area contributed by atoms with Gasteiger partial charge in [-0.2, -0.15) is 5.10 Å². The molecule has 0 aliphatic carbocycles. The fraction of sp³-hybridized carbons (Fsp3) is 0. The van der Waals surface area contributed by atoms with Gasteiger partial charge in [0, 0.05) is 4.88 Å². The first-order valence-corrected chi connectivity index (χ1v) is 3.72. The second-order valence-corrected chi connectivity index (χ2v) is 2.55. The molecule has 0 radical (unpaired) electrons. The Morgan fingerprint density at radius 2 is 2.67 bits per heavy atom. The summed E-state index contributed by atoms with van der Waals surface area (Å²) < 4.78 is 0. The van der Waals surface area contributed by atoms with Gasteiger partial charge in [0.1, 0.15) is 0 Å². The van der Waals surface area contributed by atoms with E-state index in [0.29, 0.717) is 0 Å². The maximum absolute atomic E-state index is 3.71. The van der Waals surface area contributed by atoms with Crippen LogP contribution in [0.1, 0.15) is 4.88 Å². The van der Waals surface area contributed by atoms with Gasteiger partial charge in [-0.1, -0.05) is 18.9 Å². The van der Waals surface area contributed by atoms with E-state index in [1.54, 1.807) is 17.6 Å². The molecular weight excluding hydrogens is 152 g/mol.